The normalized spacial score (nSPS) is 11.7. The monoisotopic (exact) mass is 267 g/mol. The highest BCUT2D eigenvalue weighted by Gasteiger charge is 2.13. The largest absolute Gasteiger partial charge is 0.382 e. The molecule has 2 N–H and O–H groups in total. The Morgan fingerprint density at radius 1 is 1.05 bits per heavy atom. The highest BCUT2D eigenvalue weighted by atomic mass is 15.3. The molecule has 20 heavy (non-hydrogen) atoms. The van der Waals surface area contributed by atoms with E-state index >= 15 is 0 Å². The Morgan fingerprint density at radius 3 is 2.65 bits per heavy atom. The number of aromatic nitrogens is 6. The highest BCUT2D eigenvalue weighted by Crippen LogP contribution is 2.28. The maximum atomic E-state index is 5.89. The number of rotatable bonds is 1. The van der Waals surface area contributed by atoms with Crippen molar-refractivity contribution in [3.05, 3.63) is 30.9 Å². The first kappa shape index (κ1) is 11.0. The lowest BCUT2D eigenvalue weighted by Crippen LogP contribution is -1.94. The first-order valence-electron chi connectivity index (χ1n) is 6.22. The lowest BCUT2D eigenvalue weighted by molar-refractivity contribution is 0.768. The number of fused-ring (bicyclic) bond motifs is 3. The summed E-state index contributed by atoms with van der Waals surface area (Å²) < 4.78 is 5.41. The molecule has 0 saturated carbocycles. The fourth-order valence-corrected chi connectivity index (χ4v) is 2.56. The van der Waals surface area contributed by atoms with E-state index in [0.717, 1.165) is 27.5 Å². The van der Waals surface area contributed by atoms with Crippen LogP contribution in [0.1, 0.15) is 0 Å². The average Bonchev–Trinajstić information content (AvgIpc) is 3.07. The Morgan fingerprint density at radius 2 is 1.90 bits per heavy atom. The summed E-state index contributed by atoms with van der Waals surface area (Å²) in [4.78, 5) is 0. The number of anilines is 1. The fraction of sp³-hybridized carbons (Fsp3) is 0.154. The molecule has 100 valence electrons. The maximum absolute atomic E-state index is 5.89. The van der Waals surface area contributed by atoms with E-state index in [0.29, 0.717) is 5.82 Å². The van der Waals surface area contributed by atoms with E-state index in [4.69, 9.17) is 5.73 Å². The van der Waals surface area contributed by atoms with Crippen LogP contribution in [0, 0.1) is 0 Å². The van der Waals surface area contributed by atoms with Crippen LogP contribution in [-0.2, 0) is 14.1 Å². The Bertz CT molecular complexity index is 941. The molecule has 0 bridgehead atoms. The number of nitrogens with zero attached hydrogens (tertiary/aromatic N) is 6. The summed E-state index contributed by atoms with van der Waals surface area (Å²) in [6.45, 7) is 0. The van der Waals surface area contributed by atoms with E-state index in [1.165, 1.54) is 0 Å². The van der Waals surface area contributed by atoms with Crippen molar-refractivity contribution in [3.63, 3.8) is 0 Å². The second-order valence-corrected chi connectivity index (χ2v) is 4.88. The van der Waals surface area contributed by atoms with Gasteiger partial charge in [0.05, 0.1) is 28.8 Å². The Labute approximate surface area is 114 Å². The van der Waals surface area contributed by atoms with Gasteiger partial charge in [0.1, 0.15) is 0 Å². The van der Waals surface area contributed by atoms with Gasteiger partial charge in [0.25, 0.3) is 0 Å². The first-order valence-corrected chi connectivity index (χ1v) is 6.22. The van der Waals surface area contributed by atoms with Gasteiger partial charge in [-0.15, -0.1) is 0 Å². The third-order valence-corrected chi connectivity index (χ3v) is 3.50. The molecule has 7 heteroatoms. The fourth-order valence-electron chi connectivity index (χ4n) is 2.56. The Hall–Kier alpha value is -2.83. The SMILES string of the molecule is Cn1cc(-c2cc3c4c(cnn3c2)c(N)nn4C)cn1. The molecule has 0 aromatic carbocycles. The predicted molar refractivity (Wildman–Crippen MR) is 76.1 cm³/mol. The minimum atomic E-state index is 0.502. The van der Waals surface area contributed by atoms with Crippen molar-refractivity contribution in [2.24, 2.45) is 14.1 Å². The molecular weight excluding hydrogens is 254 g/mol. The minimum Gasteiger partial charge on any atom is -0.382 e. The molecule has 0 aliphatic rings. The molecule has 0 atom stereocenters. The molecule has 0 aliphatic carbocycles. The van der Waals surface area contributed by atoms with Gasteiger partial charge in [-0.05, 0) is 6.07 Å². The van der Waals surface area contributed by atoms with E-state index in [9.17, 15) is 0 Å². The van der Waals surface area contributed by atoms with Gasteiger partial charge in [0, 0.05) is 37.6 Å². The lowest BCUT2D eigenvalue weighted by Gasteiger charge is -1.97. The van der Waals surface area contributed by atoms with Crippen molar-refractivity contribution < 1.29 is 0 Å². The van der Waals surface area contributed by atoms with Crippen LogP contribution in [0.25, 0.3) is 27.5 Å². The van der Waals surface area contributed by atoms with E-state index in [2.05, 4.69) is 21.4 Å². The first-order chi connectivity index (χ1) is 9.63. The van der Waals surface area contributed by atoms with Crippen LogP contribution in [0.3, 0.4) is 0 Å². The summed E-state index contributed by atoms with van der Waals surface area (Å²) in [5, 5.41) is 13.7. The molecule has 0 saturated heterocycles. The summed E-state index contributed by atoms with van der Waals surface area (Å²) in [5.41, 5.74) is 9.98. The van der Waals surface area contributed by atoms with Crippen molar-refractivity contribution in [3.8, 4) is 11.1 Å². The average molecular weight is 267 g/mol. The van der Waals surface area contributed by atoms with Crippen molar-refractivity contribution in [2.75, 3.05) is 5.73 Å². The summed E-state index contributed by atoms with van der Waals surface area (Å²) >= 11 is 0. The van der Waals surface area contributed by atoms with Crippen LogP contribution in [0.4, 0.5) is 5.82 Å². The number of nitrogens with two attached hydrogens (primary N) is 1. The molecular formula is C13H13N7. The zero-order valence-electron chi connectivity index (χ0n) is 11.1. The topological polar surface area (TPSA) is 79.0 Å². The molecule has 7 nitrogen and oxygen atoms in total. The van der Waals surface area contributed by atoms with Crippen LogP contribution in [0.5, 0.6) is 0 Å². The molecule has 0 spiro atoms. The van der Waals surface area contributed by atoms with E-state index in [-0.39, 0.29) is 0 Å². The minimum absolute atomic E-state index is 0.502. The predicted octanol–water partition coefficient (Wildman–Crippen LogP) is 1.20. The van der Waals surface area contributed by atoms with Crippen LogP contribution in [0.2, 0.25) is 0 Å². The third kappa shape index (κ3) is 1.37. The summed E-state index contributed by atoms with van der Waals surface area (Å²) in [6.07, 6.45) is 7.54. The van der Waals surface area contributed by atoms with E-state index in [1.54, 1.807) is 15.6 Å². The van der Waals surface area contributed by atoms with Gasteiger partial charge < -0.3 is 5.73 Å². The van der Waals surface area contributed by atoms with Gasteiger partial charge in [0.2, 0.25) is 0 Å². The quantitative estimate of drug-likeness (QED) is 0.562. The molecule has 0 fully saturated rings. The Kier molecular flexibility index (Phi) is 1.98. The zero-order chi connectivity index (χ0) is 13.9. The molecule has 0 unspecified atom stereocenters. The number of aryl methyl sites for hydroxylation is 2. The molecule has 0 aliphatic heterocycles. The maximum Gasteiger partial charge on any atom is 0.155 e. The second-order valence-electron chi connectivity index (χ2n) is 4.88. The molecule has 4 rings (SSSR count). The highest BCUT2D eigenvalue weighted by molar-refractivity contribution is 5.99. The Balaban J connectivity index is 2.06. The smallest absolute Gasteiger partial charge is 0.155 e. The van der Waals surface area contributed by atoms with Crippen LogP contribution >= 0.6 is 0 Å². The van der Waals surface area contributed by atoms with Crippen molar-refractivity contribution in [2.45, 2.75) is 0 Å². The molecule has 4 aromatic rings. The van der Waals surface area contributed by atoms with Gasteiger partial charge in [-0.25, -0.2) is 4.52 Å². The van der Waals surface area contributed by atoms with Crippen LogP contribution in [-0.4, -0.2) is 29.2 Å². The van der Waals surface area contributed by atoms with Gasteiger partial charge in [0.15, 0.2) is 5.82 Å². The number of hydrogen-bond donors (Lipinski definition) is 1. The lowest BCUT2D eigenvalue weighted by atomic mass is 10.2. The van der Waals surface area contributed by atoms with Crippen LogP contribution in [0.15, 0.2) is 30.9 Å². The van der Waals surface area contributed by atoms with Crippen molar-refractivity contribution in [1.29, 1.82) is 0 Å². The summed E-state index contributed by atoms with van der Waals surface area (Å²) in [7, 11) is 3.78. The molecule has 0 radical (unpaired) electrons. The zero-order valence-corrected chi connectivity index (χ0v) is 11.1. The summed E-state index contributed by atoms with van der Waals surface area (Å²) in [6, 6.07) is 2.08. The van der Waals surface area contributed by atoms with Crippen LogP contribution < -0.4 is 5.73 Å². The van der Waals surface area contributed by atoms with Crippen molar-refractivity contribution >= 4 is 22.2 Å². The number of nitrogen functional groups attached to an aromatic ring is 1. The summed E-state index contributed by atoms with van der Waals surface area (Å²) in [5.74, 6) is 0.502. The van der Waals surface area contributed by atoms with E-state index in [1.807, 2.05) is 37.2 Å². The molecule has 4 aromatic heterocycles. The third-order valence-electron chi connectivity index (χ3n) is 3.50. The second kappa shape index (κ2) is 3.60. The number of hydrogen-bond acceptors (Lipinski definition) is 4. The van der Waals surface area contributed by atoms with Crippen molar-refractivity contribution in [1.82, 2.24) is 29.2 Å². The van der Waals surface area contributed by atoms with Gasteiger partial charge in [-0.3, -0.25) is 9.36 Å². The molecule has 0 amide bonds. The molecule has 4 heterocycles. The van der Waals surface area contributed by atoms with Gasteiger partial charge in [-0.1, -0.05) is 0 Å². The van der Waals surface area contributed by atoms with E-state index < -0.39 is 0 Å². The standard InChI is InChI=1S/C13H13N7/c1-18-6-9(4-15-18)8-3-11-12-10(5-16-20(11)7-8)13(14)17-19(12)2/h3-7H,1-2H3,(H2,14,17). The van der Waals surface area contributed by atoms with Gasteiger partial charge in [-0.2, -0.15) is 15.3 Å². The van der Waals surface area contributed by atoms with Gasteiger partial charge >= 0.3 is 0 Å².